The zero-order chi connectivity index (χ0) is 19.8. The number of hydrogen-bond donors (Lipinski definition) is 1. The van der Waals surface area contributed by atoms with Gasteiger partial charge < -0.3 is 0 Å². The minimum Gasteiger partial charge on any atom is -0.271 e. The first-order valence-electron chi connectivity index (χ1n) is 9.40. The van der Waals surface area contributed by atoms with Crippen molar-refractivity contribution in [1.82, 2.24) is 10.4 Å². The molecule has 1 saturated carbocycles. The largest absolute Gasteiger partial charge is 0.271 e. The van der Waals surface area contributed by atoms with Crippen LogP contribution in [0.3, 0.4) is 0 Å². The molecule has 0 aliphatic heterocycles. The van der Waals surface area contributed by atoms with Gasteiger partial charge in [-0.1, -0.05) is 37.1 Å². The molecule has 1 aliphatic rings. The number of amides is 1. The van der Waals surface area contributed by atoms with Gasteiger partial charge in [0, 0.05) is 11.9 Å². The van der Waals surface area contributed by atoms with Gasteiger partial charge in [0.25, 0.3) is 15.9 Å². The molecule has 2 aromatic rings. The molecular formula is C20H24N4O3S. The summed E-state index contributed by atoms with van der Waals surface area (Å²) in [5.74, 6) is -0.314. The first-order chi connectivity index (χ1) is 13.6. The number of nitrogens with zero attached hydrogens (tertiary/aromatic N) is 3. The van der Waals surface area contributed by atoms with E-state index in [4.69, 9.17) is 0 Å². The van der Waals surface area contributed by atoms with Crippen LogP contribution in [0.5, 0.6) is 0 Å². The summed E-state index contributed by atoms with van der Waals surface area (Å²) in [5, 5.41) is 4.22. The molecule has 28 heavy (non-hydrogen) atoms. The molecule has 0 atom stereocenters. The molecule has 1 heterocycles. The van der Waals surface area contributed by atoms with Crippen molar-refractivity contribution >= 4 is 27.5 Å². The van der Waals surface area contributed by atoms with Gasteiger partial charge in [-0.3, -0.25) is 4.79 Å². The van der Waals surface area contributed by atoms with Crippen molar-refractivity contribution in [1.29, 1.82) is 0 Å². The Morgan fingerprint density at radius 3 is 2.32 bits per heavy atom. The van der Waals surface area contributed by atoms with Crippen molar-refractivity contribution < 1.29 is 13.2 Å². The Hall–Kier alpha value is -2.74. The summed E-state index contributed by atoms with van der Waals surface area (Å²) in [6, 6.07) is 12.9. The van der Waals surface area contributed by atoms with Crippen LogP contribution in [-0.2, 0) is 14.8 Å². The molecule has 1 fully saturated rings. The summed E-state index contributed by atoms with van der Waals surface area (Å²) in [5.41, 5.74) is 3.48. The molecule has 1 amide bonds. The van der Waals surface area contributed by atoms with E-state index in [1.165, 1.54) is 31.2 Å². The number of hydrazone groups is 1. The van der Waals surface area contributed by atoms with E-state index in [1.54, 1.807) is 36.4 Å². The van der Waals surface area contributed by atoms with E-state index in [1.807, 2.05) is 0 Å². The van der Waals surface area contributed by atoms with Gasteiger partial charge in [0.15, 0.2) is 0 Å². The van der Waals surface area contributed by atoms with Gasteiger partial charge in [-0.15, -0.1) is 0 Å². The first kappa shape index (κ1) is 20.0. The predicted octanol–water partition coefficient (Wildman–Crippen LogP) is 3.10. The molecule has 1 aromatic heterocycles. The van der Waals surface area contributed by atoms with E-state index in [0.29, 0.717) is 0 Å². The zero-order valence-electron chi connectivity index (χ0n) is 15.6. The second kappa shape index (κ2) is 9.45. The van der Waals surface area contributed by atoms with Gasteiger partial charge in [0.05, 0.1) is 4.90 Å². The summed E-state index contributed by atoms with van der Waals surface area (Å²) in [6.45, 7) is -0.398. The van der Waals surface area contributed by atoms with E-state index < -0.39 is 22.5 Å². The maximum atomic E-state index is 13.1. The van der Waals surface area contributed by atoms with Gasteiger partial charge in [0.1, 0.15) is 12.4 Å². The number of aromatic nitrogens is 1. The molecule has 0 radical (unpaired) electrons. The van der Waals surface area contributed by atoms with Crippen molar-refractivity contribution in [3.05, 3.63) is 54.7 Å². The Balaban J connectivity index is 1.80. The van der Waals surface area contributed by atoms with Crippen molar-refractivity contribution in [3.63, 3.8) is 0 Å². The number of rotatable bonds is 6. The Morgan fingerprint density at radius 2 is 1.68 bits per heavy atom. The van der Waals surface area contributed by atoms with Crippen LogP contribution in [0.1, 0.15) is 38.5 Å². The molecule has 7 nitrogen and oxygen atoms in total. The highest BCUT2D eigenvalue weighted by Gasteiger charge is 2.27. The summed E-state index contributed by atoms with van der Waals surface area (Å²) >= 11 is 0. The van der Waals surface area contributed by atoms with Crippen LogP contribution in [0.2, 0.25) is 0 Å². The van der Waals surface area contributed by atoms with Gasteiger partial charge in [-0.05, 0) is 49.9 Å². The zero-order valence-corrected chi connectivity index (χ0v) is 16.4. The fourth-order valence-electron chi connectivity index (χ4n) is 3.07. The van der Waals surface area contributed by atoms with E-state index in [9.17, 15) is 13.2 Å². The Morgan fingerprint density at radius 1 is 1.00 bits per heavy atom. The van der Waals surface area contributed by atoms with E-state index >= 15 is 0 Å². The molecule has 3 rings (SSSR count). The van der Waals surface area contributed by atoms with Crippen LogP contribution >= 0.6 is 0 Å². The molecule has 148 valence electrons. The second-order valence-electron chi connectivity index (χ2n) is 6.64. The summed E-state index contributed by atoms with van der Waals surface area (Å²) in [7, 11) is -3.94. The Bertz CT molecular complexity index is 905. The summed E-state index contributed by atoms with van der Waals surface area (Å²) in [6.07, 6.45) is 7.71. The minimum atomic E-state index is -3.94. The number of carbonyl (C=O) groups is 1. The molecule has 0 saturated heterocycles. The maximum absolute atomic E-state index is 13.1. The topological polar surface area (TPSA) is 91.7 Å². The van der Waals surface area contributed by atoms with Crippen molar-refractivity contribution in [2.24, 2.45) is 5.10 Å². The lowest BCUT2D eigenvalue weighted by Crippen LogP contribution is -2.40. The SMILES string of the molecule is O=C(CN(c1ccccn1)S(=O)(=O)c1ccccc1)NN=C1CCCCCC1. The highest BCUT2D eigenvalue weighted by molar-refractivity contribution is 7.92. The Kier molecular flexibility index (Phi) is 6.76. The average Bonchev–Trinajstić information content (AvgIpc) is 3.00. The van der Waals surface area contributed by atoms with Gasteiger partial charge in [-0.25, -0.2) is 23.1 Å². The van der Waals surface area contributed by atoms with Crippen LogP contribution in [0, 0.1) is 0 Å². The highest BCUT2D eigenvalue weighted by Crippen LogP contribution is 2.21. The first-order valence-corrected chi connectivity index (χ1v) is 10.8. The van der Waals surface area contributed by atoms with E-state index in [0.717, 1.165) is 35.7 Å². The molecular weight excluding hydrogens is 376 g/mol. The average molecular weight is 401 g/mol. The number of hydrogen-bond acceptors (Lipinski definition) is 5. The minimum absolute atomic E-state index is 0.100. The lowest BCUT2D eigenvalue weighted by molar-refractivity contribution is -0.119. The highest BCUT2D eigenvalue weighted by atomic mass is 32.2. The lowest BCUT2D eigenvalue weighted by atomic mass is 10.2. The fourth-order valence-corrected chi connectivity index (χ4v) is 4.46. The molecule has 0 unspecified atom stereocenters. The van der Waals surface area contributed by atoms with Gasteiger partial charge in [-0.2, -0.15) is 5.10 Å². The number of pyridine rings is 1. The monoisotopic (exact) mass is 400 g/mol. The quantitative estimate of drug-likeness (QED) is 0.596. The second-order valence-corrected chi connectivity index (χ2v) is 8.50. The third-order valence-electron chi connectivity index (χ3n) is 4.54. The van der Waals surface area contributed by atoms with Crippen molar-refractivity contribution in [3.8, 4) is 0 Å². The van der Waals surface area contributed by atoms with E-state index in [2.05, 4.69) is 15.5 Å². The van der Waals surface area contributed by atoms with Gasteiger partial charge in [0.2, 0.25) is 0 Å². The number of carbonyl (C=O) groups excluding carboxylic acids is 1. The van der Waals surface area contributed by atoms with Crippen molar-refractivity contribution in [2.75, 3.05) is 10.8 Å². The van der Waals surface area contributed by atoms with Crippen LogP contribution in [0.4, 0.5) is 5.82 Å². The maximum Gasteiger partial charge on any atom is 0.265 e. The van der Waals surface area contributed by atoms with Crippen LogP contribution < -0.4 is 9.73 Å². The lowest BCUT2D eigenvalue weighted by Gasteiger charge is -2.22. The fraction of sp³-hybridized carbons (Fsp3) is 0.350. The molecule has 1 aliphatic carbocycles. The standard InChI is InChI=1S/C20H24N4O3S/c25-20(23-22-17-10-4-1-2-5-11-17)16-24(19-14-8-9-15-21-19)28(26,27)18-12-6-3-7-13-18/h3,6-9,12-15H,1-2,4-5,10-11,16H2,(H,23,25). The third kappa shape index (κ3) is 5.16. The third-order valence-corrected chi connectivity index (χ3v) is 6.31. The summed E-state index contributed by atoms with van der Waals surface area (Å²) in [4.78, 5) is 16.7. The molecule has 1 N–H and O–H groups in total. The number of nitrogens with one attached hydrogen (secondary N) is 1. The molecule has 8 heteroatoms. The smallest absolute Gasteiger partial charge is 0.265 e. The molecule has 1 aromatic carbocycles. The van der Waals surface area contributed by atoms with E-state index in [-0.39, 0.29) is 10.7 Å². The number of anilines is 1. The van der Waals surface area contributed by atoms with Crippen LogP contribution in [-0.4, -0.2) is 31.6 Å². The molecule has 0 spiro atoms. The number of benzene rings is 1. The predicted molar refractivity (Wildman–Crippen MR) is 108 cm³/mol. The van der Waals surface area contributed by atoms with Crippen LogP contribution in [0.15, 0.2) is 64.7 Å². The Labute approximate surface area is 165 Å². The normalized spacial score (nSPS) is 14.8. The summed E-state index contributed by atoms with van der Waals surface area (Å²) < 4.78 is 27.2. The number of sulfonamides is 1. The molecule has 0 bridgehead atoms. The van der Waals surface area contributed by atoms with Crippen LogP contribution in [0.25, 0.3) is 0 Å². The van der Waals surface area contributed by atoms with Gasteiger partial charge >= 0.3 is 0 Å². The van der Waals surface area contributed by atoms with Crippen molar-refractivity contribution in [2.45, 2.75) is 43.4 Å².